The molecule has 1 amide bonds. The zero-order valence-electron chi connectivity index (χ0n) is 26.0. The Bertz CT molecular complexity index is 2050. The summed E-state index contributed by atoms with van der Waals surface area (Å²) in [6.07, 6.45) is 2.87. The summed E-state index contributed by atoms with van der Waals surface area (Å²) in [5.74, 6) is -2.55. The highest BCUT2D eigenvalue weighted by Crippen LogP contribution is 2.48. The van der Waals surface area contributed by atoms with Crippen molar-refractivity contribution in [1.82, 2.24) is 19.4 Å². The van der Waals surface area contributed by atoms with Gasteiger partial charge in [0.1, 0.15) is 22.3 Å². The number of anilines is 1. The fraction of sp³-hybridized carbons (Fsp3) is 0.303. The van der Waals surface area contributed by atoms with Crippen LogP contribution in [0.2, 0.25) is 20.1 Å². The number of fused-ring (bicyclic) bond motifs is 1. The smallest absolute Gasteiger partial charge is 0.276 e. The summed E-state index contributed by atoms with van der Waals surface area (Å²) in [7, 11) is 0. The molecule has 2 atom stereocenters. The van der Waals surface area contributed by atoms with E-state index >= 15 is 4.39 Å². The molecular weight excluding hydrogens is 689 g/mol. The summed E-state index contributed by atoms with van der Waals surface area (Å²) >= 11 is 25.5. The average Bonchev–Trinajstić information content (AvgIpc) is 3.02. The van der Waals surface area contributed by atoms with Gasteiger partial charge in [0, 0.05) is 36.8 Å². The first-order chi connectivity index (χ1) is 22.2. The number of hydrogen-bond donors (Lipinski definition) is 1. The molecule has 4 heterocycles. The van der Waals surface area contributed by atoms with Gasteiger partial charge >= 0.3 is 0 Å². The Morgan fingerprint density at radius 2 is 1.79 bits per heavy atom. The number of phenolic OH excluding ortho intramolecular Hbond substituents is 1. The van der Waals surface area contributed by atoms with Crippen molar-refractivity contribution in [3.05, 3.63) is 84.1 Å². The zero-order chi connectivity index (χ0) is 34.6. The lowest BCUT2D eigenvalue weighted by Gasteiger charge is -2.45. The number of aromatic nitrogens is 3. The number of pyridine rings is 3. The lowest BCUT2D eigenvalue weighted by Crippen LogP contribution is -2.58. The van der Waals surface area contributed by atoms with Crippen molar-refractivity contribution in [1.29, 1.82) is 5.26 Å². The number of nitrogens with zero attached hydrogens (tertiary/aromatic N) is 6. The lowest BCUT2D eigenvalue weighted by molar-refractivity contribution is -0.130. The van der Waals surface area contributed by atoms with Crippen molar-refractivity contribution < 1.29 is 14.3 Å². The highest BCUT2D eigenvalue weighted by atomic mass is 35.5. The monoisotopic (exact) mass is 716 g/mol. The van der Waals surface area contributed by atoms with Crippen LogP contribution >= 0.6 is 46.4 Å². The molecule has 0 bridgehead atoms. The molecule has 0 radical (unpaired) electrons. The first-order valence-electron chi connectivity index (χ1n) is 14.6. The van der Waals surface area contributed by atoms with Gasteiger partial charge in [-0.15, -0.1) is 0 Å². The van der Waals surface area contributed by atoms with Gasteiger partial charge in [0.2, 0.25) is 5.91 Å². The van der Waals surface area contributed by atoms with Gasteiger partial charge in [-0.1, -0.05) is 66.8 Å². The maximum atomic E-state index is 15.0. The molecule has 9 nitrogen and oxygen atoms in total. The minimum Gasteiger partial charge on any atom is -0.504 e. The van der Waals surface area contributed by atoms with Crippen LogP contribution in [0.5, 0.6) is 5.75 Å². The molecule has 3 aromatic heterocycles. The predicted molar refractivity (Wildman–Crippen MR) is 184 cm³/mol. The fourth-order valence-electron chi connectivity index (χ4n) is 6.25. The average molecular weight is 718 g/mol. The number of aryl methyl sites for hydroxylation is 1. The number of benzene rings is 1. The minimum atomic E-state index is -1.23. The van der Waals surface area contributed by atoms with E-state index in [9.17, 15) is 20.0 Å². The second-order valence-electron chi connectivity index (χ2n) is 11.7. The van der Waals surface area contributed by atoms with Gasteiger partial charge in [-0.2, -0.15) is 5.26 Å². The Kier molecular flexibility index (Phi) is 9.50. The van der Waals surface area contributed by atoms with Crippen LogP contribution in [-0.4, -0.2) is 55.6 Å². The summed E-state index contributed by atoms with van der Waals surface area (Å²) in [6.45, 7) is 13.5. The second kappa shape index (κ2) is 13.0. The van der Waals surface area contributed by atoms with Gasteiger partial charge in [-0.3, -0.25) is 19.1 Å². The SMILES string of the molecule is C=CC(=O)N1[C@H](C)CN(c2c(C#N)c(=O)n(-c3c(C)ccnc3C(C)C)c3nc(-c4c(O)c(F)c(Cl)c(Cl)c4Cl)c(Cl)cc23)C[C@@H]1C. The molecule has 14 heteroatoms. The van der Waals surface area contributed by atoms with Crippen LogP contribution in [0.3, 0.4) is 0 Å². The highest BCUT2D eigenvalue weighted by Gasteiger charge is 2.36. The molecule has 1 N–H and O–H groups in total. The predicted octanol–water partition coefficient (Wildman–Crippen LogP) is 7.82. The number of piperazine rings is 1. The van der Waals surface area contributed by atoms with Gasteiger partial charge in [0.05, 0.1) is 43.4 Å². The van der Waals surface area contributed by atoms with Crippen molar-refractivity contribution >= 4 is 69.0 Å². The van der Waals surface area contributed by atoms with Crippen LogP contribution in [0.15, 0.2) is 35.8 Å². The molecule has 0 saturated carbocycles. The topological polar surface area (TPSA) is 115 Å². The van der Waals surface area contributed by atoms with E-state index in [1.165, 1.54) is 16.7 Å². The Hall–Kier alpha value is -3.88. The van der Waals surface area contributed by atoms with Crippen LogP contribution < -0.4 is 10.5 Å². The molecule has 0 unspecified atom stereocenters. The van der Waals surface area contributed by atoms with E-state index in [4.69, 9.17) is 51.4 Å². The van der Waals surface area contributed by atoms with E-state index < -0.39 is 22.1 Å². The first-order valence-corrected chi connectivity index (χ1v) is 16.1. The Balaban J connectivity index is 1.95. The lowest BCUT2D eigenvalue weighted by atomic mass is 10.0. The summed E-state index contributed by atoms with van der Waals surface area (Å²) in [6, 6.07) is 4.68. The second-order valence-corrected chi connectivity index (χ2v) is 13.3. The van der Waals surface area contributed by atoms with E-state index in [2.05, 4.69) is 17.6 Å². The van der Waals surface area contributed by atoms with E-state index in [1.807, 2.05) is 32.6 Å². The maximum absolute atomic E-state index is 15.0. The number of phenols is 1. The number of hydrogen-bond acceptors (Lipinski definition) is 7. The largest absolute Gasteiger partial charge is 0.504 e. The van der Waals surface area contributed by atoms with Crippen LogP contribution in [0.25, 0.3) is 28.0 Å². The Morgan fingerprint density at radius 1 is 1.15 bits per heavy atom. The minimum absolute atomic E-state index is 0.0354. The van der Waals surface area contributed by atoms with E-state index in [0.29, 0.717) is 22.3 Å². The summed E-state index contributed by atoms with van der Waals surface area (Å²) in [5.41, 5.74) is 0.552. The summed E-state index contributed by atoms with van der Waals surface area (Å²) in [5, 5.41) is 20.3. The molecule has 5 rings (SSSR count). The van der Waals surface area contributed by atoms with Crippen LogP contribution in [-0.2, 0) is 4.79 Å². The van der Waals surface area contributed by atoms with Crippen molar-refractivity contribution in [2.45, 2.75) is 52.6 Å². The number of amides is 1. The van der Waals surface area contributed by atoms with Gasteiger partial charge in [-0.05, 0) is 50.5 Å². The molecule has 1 aliphatic heterocycles. The number of carbonyl (C=O) groups is 1. The first kappa shape index (κ1) is 34.5. The summed E-state index contributed by atoms with van der Waals surface area (Å²) < 4.78 is 16.3. The normalized spacial score (nSPS) is 16.6. The van der Waals surface area contributed by atoms with Gasteiger partial charge in [0.25, 0.3) is 5.56 Å². The maximum Gasteiger partial charge on any atom is 0.276 e. The molecule has 1 aliphatic rings. The van der Waals surface area contributed by atoms with Crippen molar-refractivity contribution in [3.63, 3.8) is 0 Å². The molecule has 244 valence electrons. The Morgan fingerprint density at radius 3 is 2.36 bits per heavy atom. The quantitative estimate of drug-likeness (QED) is 0.127. The van der Waals surface area contributed by atoms with E-state index in [1.54, 1.807) is 24.1 Å². The standard InChI is InChI=1S/C33H29Cl4FN6O3/c1-7-21(45)43-16(5)12-42(13-17(43)6)30-18-10-20(34)28(22-23(35)24(36)25(37)26(38)31(22)46)41-32(18)44(33(47)19(30)11-39)29-15(4)8-9-40-27(29)14(2)3/h7-10,14,16-17,46H,1,12-13H2,2-6H3/t16-,17+. The number of halogens is 5. The number of carbonyl (C=O) groups excluding carboxylic acids is 1. The third kappa shape index (κ3) is 5.59. The number of aromatic hydroxyl groups is 1. The Labute approximate surface area is 290 Å². The molecular formula is C33H29Cl4FN6O3. The summed E-state index contributed by atoms with van der Waals surface area (Å²) in [4.78, 5) is 40.1. The van der Waals surface area contributed by atoms with Gasteiger partial charge < -0.3 is 14.9 Å². The van der Waals surface area contributed by atoms with Crippen LogP contribution in [0, 0.1) is 24.1 Å². The van der Waals surface area contributed by atoms with Crippen molar-refractivity contribution in [2.75, 3.05) is 18.0 Å². The molecule has 47 heavy (non-hydrogen) atoms. The highest BCUT2D eigenvalue weighted by molar-refractivity contribution is 6.49. The number of rotatable bonds is 5. The third-order valence-electron chi connectivity index (χ3n) is 8.26. The fourth-order valence-corrected chi connectivity index (χ4v) is 7.18. The van der Waals surface area contributed by atoms with Crippen molar-refractivity contribution in [2.24, 2.45) is 0 Å². The van der Waals surface area contributed by atoms with Crippen molar-refractivity contribution in [3.8, 4) is 28.8 Å². The number of nitriles is 1. The third-order valence-corrected chi connectivity index (χ3v) is 9.85. The van der Waals surface area contributed by atoms with Crippen LogP contribution in [0.4, 0.5) is 10.1 Å². The molecule has 1 aromatic carbocycles. The van der Waals surface area contributed by atoms with Gasteiger partial charge in [0.15, 0.2) is 11.6 Å². The molecule has 1 saturated heterocycles. The van der Waals surface area contributed by atoms with Crippen LogP contribution in [0.1, 0.15) is 50.4 Å². The van der Waals surface area contributed by atoms with Gasteiger partial charge in [-0.25, -0.2) is 9.37 Å². The molecule has 0 spiro atoms. The molecule has 4 aromatic rings. The zero-order valence-corrected chi connectivity index (χ0v) is 29.0. The van der Waals surface area contributed by atoms with E-state index in [-0.39, 0.29) is 80.2 Å². The molecule has 1 fully saturated rings. The van der Waals surface area contributed by atoms with E-state index in [0.717, 1.165) is 0 Å². The molecule has 0 aliphatic carbocycles.